The highest BCUT2D eigenvalue weighted by atomic mass is 16.5. The number of amides is 1. The number of benzene rings is 1. The van der Waals surface area contributed by atoms with E-state index in [1.54, 1.807) is 20.3 Å². The summed E-state index contributed by atoms with van der Waals surface area (Å²) in [7, 11) is 3.16. The maximum absolute atomic E-state index is 11.2. The summed E-state index contributed by atoms with van der Waals surface area (Å²) in [6, 6.07) is 5.47. The summed E-state index contributed by atoms with van der Waals surface area (Å²) in [5, 5.41) is 11.0. The number of carbonyl (C=O) groups excluding carboxylic acids is 1. The van der Waals surface area contributed by atoms with Crippen molar-refractivity contribution in [2.45, 2.75) is 19.9 Å². The number of nitriles is 1. The van der Waals surface area contributed by atoms with Crippen LogP contribution < -0.4 is 14.8 Å². The molecule has 0 radical (unpaired) electrons. The van der Waals surface area contributed by atoms with Crippen molar-refractivity contribution in [3.8, 4) is 17.6 Å². The molecule has 0 heterocycles. The van der Waals surface area contributed by atoms with E-state index in [-0.39, 0.29) is 12.3 Å². The number of aryl methyl sites for hydroxylation is 1. The molecule has 18 heavy (non-hydrogen) atoms. The second-order valence-corrected chi connectivity index (χ2v) is 3.75. The standard InChI is InChI=1S/C13H16N2O3/c1-9-6-12(18-3)10(7-11(9)17-2)8-15-13(16)4-5-14/h6-7H,4,8H2,1-3H3,(H,15,16). The zero-order chi connectivity index (χ0) is 13.5. The van der Waals surface area contributed by atoms with E-state index in [0.717, 1.165) is 16.9 Å². The lowest BCUT2D eigenvalue weighted by Gasteiger charge is -2.13. The lowest BCUT2D eigenvalue weighted by atomic mass is 10.1. The third-order valence-corrected chi connectivity index (χ3v) is 2.51. The van der Waals surface area contributed by atoms with E-state index >= 15 is 0 Å². The first-order valence-corrected chi connectivity index (χ1v) is 5.47. The van der Waals surface area contributed by atoms with Gasteiger partial charge in [-0.3, -0.25) is 4.79 Å². The molecule has 0 aliphatic heterocycles. The SMILES string of the molecule is COc1cc(CNC(=O)CC#N)c(OC)cc1C. The van der Waals surface area contributed by atoms with Crippen molar-refractivity contribution in [2.75, 3.05) is 14.2 Å². The zero-order valence-electron chi connectivity index (χ0n) is 10.7. The van der Waals surface area contributed by atoms with Gasteiger partial charge in [-0.05, 0) is 24.6 Å². The van der Waals surface area contributed by atoms with E-state index in [1.807, 2.05) is 19.1 Å². The molecule has 96 valence electrons. The molecule has 0 saturated carbocycles. The van der Waals surface area contributed by atoms with Gasteiger partial charge in [-0.2, -0.15) is 5.26 Å². The third kappa shape index (κ3) is 3.39. The molecule has 1 aromatic rings. The maximum Gasteiger partial charge on any atom is 0.234 e. The van der Waals surface area contributed by atoms with Crippen LogP contribution in [0.1, 0.15) is 17.5 Å². The number of nitrogens with one attached hydrogen (secondary N) is 1. The number of ether oxygens (including phenoxy) is 2. The van der Waals surface area contributed by atoms with Crippen LogP contribution in [-0.2, 0) is 11.3 Å². The van der Waals surface area contributed by atoms with Gasteiger partial charge >= 0.3 is 0 Å². The highest BCUT2D eigenvalue weighted by Gasteiger charge is 2.09. The Balaban J connectivity index is 2.87. The summed E-state index contributed by atoms with van der Waals surface area (Å²) in [6.45, 7) is 2.22. The highest BCUT2D eigenvalue weighted by Crippen LogP contribution is 2.28. The van der Waals surface area contributed by atoms with E-state index in [1.165, 1.54) is 0 Å². The molecule has 0 unspecified atom stereocenters. The average molecular weight is 248 g/mol. The quantitative estimate of drug-likeness (QED) is 0.858. The fourth-order valence-corrected chi connectivity index (χ4v) is 1.58. The fourth-order valence-electron chi connectivity index (χ4n) is 1.58. The molecule has 5 nitrogen and oxygen atoms in total. The average Bonchev–Trinajstić information content (AvgIpc) is 2.37. The Bertz CT molecular complexity index is 478. The molecule has 0 atom stereocenters. The van der Waals surface area contributed by atoms with Crippen molar-refractivity contribution < 1.29 is 14.3 Å². The van der Waals surface area contributed by atoms with Crippen molar-refractivity contribution in [1.82, 2.24) is 5.32 Å². The van der Waals surface area contributed by atoms with Gasteiger partial charge < -0.3 is 14.8 Å². The summed E-state index contributed by atoms with van der Waals surface area (Å²) in [5.41, 5.74) is 1.77. The van der Waals surface area contributed by atoms with Crippen LogP contribution in [-0.4, -0.2) is 20.1 Å². The zero-order valence-corrected chi connectivity index (χ0v) is 10.7. The normalized spacial score (nSPS) is 9.44. The number of methoxy groups -OCH3 is 2. The molecule has 0 bridgehead atoms. The number of hydrogen-bond donors (Lipinski definition) is 1. The van der Waals surface area contributed by atoms with Gasteiger partial charge in [0.1, 0.15) is 17.9 Å². The summed E-state index contributed by atoms with van der Waals surface area (Å²) >= 11 is 0. The van der Waals surface area contributed by atoms with Crippen molar-refractivity contribution in [1.29, 1.82) is 5.26 Å². The molecule has 1 aromatic carbocycles. The molecule has 0 aliphatic carbocycles. The lowest BCUT2D eigenvalue weighted by Crippen LogP contribution is -2.22. The van der Waals surface area contributed by atoms with Gasteiger partial charge in [-0.1, -0.05) is 0 Å². The highest BCUT2D eigenvalue weighted by molar-refractivity contribution is 5.78. The first-order chi connectivity index (χ1) is 8.62. The van der Waals surface area contributed by atoms with Crippen LogP contribution in [0.2, 0.25) is 0 Å². The molecule has 0 aliphatic rings. The van der Waals surface area contributed by atoms with Crippen molar-refractivity contribution >= 4 is 5.91 Å². The minimum absolute atomic E-state index is 0.148. The molecule has 0 aromatic heterocycles. The van der Waals surface area contributed by atoms with Crippen LogP contribution in [0.5, 0.6) is 11.5 Å². The van der Waals surface area contributed by atoms with Gasteiger partial charge in [0, 0.05) is 12.1 Å². The molecule has 1 N–H and O–H groups in total. The first-order valence-electron chi connectivity index (χ1n) is 5.47. The Morgan fingerprint density at radius 2 is 2.00 bits per heavy atom. The van der Waals surface area contributed by atoms with Gasteiger partial charge in [0.15, 0.2) is 0 Å². The second kappa shape index (κ2) is 6.50. The minimum Gasteiger partial charge on any atom is -0.496 e. The van der Waals surface area contributed by atoms with Gasteiger partial charge in [0.05, 0.1) is 20.3 Å². The van der Waals surface area contributed by atoms with Crippen molar-refractivity contribution in [2.24, 2.45) is 0 Å². The summed E-state index contributed by atoms with van der Waals surface area (Å²) in [4.78, 5) is 11.2. The Morgan fingerprint density at radius 3 is 2.56 bits per heavy atom. The summed E-state index contributed by atoms with van der Waals surface area (Å²) in [5.74, 6) is 1.12. The lowest BCUT2D eigenvalue weighted by molar-refractivity contribution is -0.120. The maximum atomic E-state index is 11.2. The Morgan fingerprint density at radius 1 is 1.33 bits per heavy atom. The Kier molecular flexibility index (Phi) is 5.00. The number of nitrogens with zero attached hydrogens (tertiary/aromatic N) is 1. The predicted octanol–water partition coefficient (Wildman–Crippen LogP) is 1.54. The monoisotopic (exact) mass is 248 g/mol. The molecular weight excluding hydrogens is 232 g/mol. The van der Waals surface area contributed by atoms with Crippen molar-refractivity contribution in [3.63, 3.8) is 0 Å². The molecule has 0 spiro atoms. The molecule has 1 amide bonds. The molecule has 1 rings (SSSR count). The largest absolute Gasteiger partial charge is 0.496 e. The van der Waals surface area contributed by atoms with Gasteiger partial charge in [0.25, 0.3) is 0 Å². The second-order valence-electron chi connectivity index (χ2n) is 3.75. The molecule has 0 saturated heterocycles. The van der Waals surface area contributed by atoms with E-state index in [9.17, 15) is 4.79 Å². The van der Waals surface area contributed by atoms with Crippen LogP contribution in [0.4, 0.5) is 0 Å². The van der Waals surface area contributed by atoms with E-state index in [0.29, 0.717) is 12.3 Å². The fraction of sp³-hybridized carbons (Fsp3) is 0.385. The van der Waals surface area contributed by atoms with Crippen LogP contribution >= 0.6 is 0 Å². The summed E-state index contributed by atoms with van der Waals surface area (Å²) < 4.78 is 10.5. The number of rotatable bonds is 5. The van der Waals surface area contributed by atoms with Gasteiger partial charge in [-0.15, -0.1) is 0 Å². The van der Waals surface area contributed by atoms with Crippen LogP contribution in [0.15, 0.2) is 12.1 Å². The molecular formula is C13H16N2O3. The van der Waals surface area contributed by atoms with Crippen LogP contribution in [0.3, 0.4) is 0 Å². The van der Waals surface area contributed by atoms with E-state index in [2.05, 4.69) is 5.32 Å². The smallest absolute Gasteiger partial charge is 0.234 e. The minimum atomic E-state index is -0.306. The van der Waals surface area contributed by atoms with E-state index in [4.69, 9.17) is 14.7 Å². The Labute approximate surface area is 106 Å². The third-order valence-electron chi connectivity index (χ3n) is 2.51. The van der Waals surface area contributed by atoms with E-state index < -0.39 is 0 Å². The summed E-state index contributed by atoms with van der Waals surface area (Å²) in [6.07, 6.45) is -0.148. The first kappa shape index (κ1) is 13.8. The topological polar surface area (TPSA) is 71.3 Å². The Hall–Kier alpha value is -2.22. The number of carbonyl (C=O) groups is 1. The predicted molar refractivity (Wildman–Crippen MR) is 66.4 cm³/mol. The van der Waals surface area contributed by atoms with Gasteiger partial charge in [0.2, 0.25) is 5.91 Å². The van der Waals surface area contributed by atoms with Crippen LogP contribution in [0, 0.1) is 18.3 Å². The number of hydrogen-bond acceptors (Lipinski definition) is 4. The molecule has 5 heteroatoms. The van der Waals surface area contributed by atoms with Gasteiger partial charge in [-0.25, -0.2) is 0 Å². The molecule has 0 fully saturated rings. The van der Waals surface area contributed by atoms with Crippen LogP contribution in [0.25, 0.3) is 0 Å². The van der Waals surface area contributed by atoms with Crippen molar-refractivity contribution in [3.05, 3.63) is 23.3 Å².